The molecule has 0 spiro atoms. The second-order valence-corrected chi connectivity index (χ2v) is 7.49. The molecule has 3 aromatic rings. The van der Waals surface area contributed by atoms with Gasteiger partial charge in [0.05, 0.1) is 17.0 Å². The number of ether oxygens (including phenoxy) is 1. The summed E-state index contributed by atoms with van der Waals surface area (Å²) in [6.45, 7) is 0. The minimum atomic E-state index is -4.63. The number of benzene rings is 2. The van der Waals surface area contributed by atoms with E-state index in [1.807, 2.05) is 0 Å². The molecule has 0 radical (unpaired) electrons. The average Bonchev–Trinajstić information content (AvgIpc) is 2.68. The molecule has 0 saturated heterocycles. The Kier molecular flexibility index (Phi) is 6.75. The number of nitrogens with one attached hydrogen (secondary N) is 1. The van der Waals surface area contributed by atoms with Crippen molar-refractivity contribution in [1.82, 2.24) is 9.97 Å². The number of carbonyl (C=O) groups is 1. The van der Waals surface area contributed by atoms with Crippen molar-refractivity contribution in [3.8, 4) is 11.5 Å². The molecule has 0 atom stereocenters. The number of hydrogen-bond donors (Lipinski definition) is 1. The number of rotatable bonds is 6. The molecule has 0 aliphatic rings. The third-order valence-corrected chi connectivity index (χ3v) is 4.90. The van der Waals surface area contributed by atoms with E-state index in [2.05, 4.69) is 31.2 Å². The molecule has 0 unspecified atom stereocenters. The van der Waals surface area contributed by atoms with Crippen molar-refractivity contribution in [3.05, 3.63) is 71.0 Å². The molecule has 1 heterocycles. The number of anilines is 1. The van der Waals surface area contributed by atoms with Crippen molar-refractivity contribution >= 4 is 39.3 Å². The Morgan fingerprint density at radius 3 is 2.38 bits per heavy atom. The topological polar surface area (TPSA) is 64.1 Å². The van der Waals surface area contributed by atoms with Crippen LogP contribution in [0, 0.1) is 0 Å². The summed E-state index contributed by atoms with van der Waals surface area (Å²) in [7, 11) is 0. The van der Waals surface area contributed by atoms with E-state index in [0.29, 0.717) is 10.9 Å². The van der Waals surface area contributed by atoms with E-state index in [1.165, 1.54) is 18.5 Å². The summed E-state index contributed by atoms with van der Waals surface area (Å²) in [6, 6.07) is 11.6. The fourth-order valence-electron chi connectivity index (χ4n) is 2.25. The van der Waals surface area contributed by atoms with E-state index < -0.39 is 17.6 Å². The van der Waals surface area contributed by atoms with E-state index in [4.69, 9.17) is 4.74 Å². The zero-order valence-electron chi connectivity index (χ0n) is 14.6. The molecule has 1 aromatic heterocycles. The number of nitrogens with zero attached hydrogens (tertiary/aromatic N) is 2. The molecule has 3 rings (SSSR count). The van der Waals surface area contributed by atoms with Gasteiger partial charge in [-0.15, -0.1) is 0 Å². The molecular formula is C19H13BrF3N3O2S. The first-order valence-corrected chi connectivity index (χ1v) is 9.93. The third-order valence-electron chi connectivity index (χ3n) is 3.49. The number of halogens is 4. The van der Waals surface area contributed by atoms with Gasteiger partial charge in [-0.05, 0) is 42.5 Å². The summed E-state index contributed by atoms with van der Waals surface area (Å²) in [6.07, 6.45) is -1.61. The summed E-state index contributed by atoms with van der Waals surface area (Å²) in [5, 5.41) is 2.65. The number of amides is 1. The molecular weight excluding hydrogens is 471 g/mol. The molecule has 2 aromatic carbocycles. The van der Waals surface area contributed by atoms with Gasteiger partial charge in [0.2, 0.25) is 5.91 Å². The van der Waals surface area contributed by atoms with E-state index >= 15 is 0 Å². The van der Waals surface area contributed by atoms with Crippen LogP contribution in [-0.4, -0.2) is 21.6 Å². The van der Waals surface area contributed by atoms with Crippen molar-refractivity contribution in [2.75, 3.05) is 11.1 Å². The van der Waals surface area contributed by atoms with Crippen LogP contribution in [0.2, 0.25) is 0 Å². The van der Waals surface area contributed by atoms with Crippen LogP contribution in [0.1, 0.15) is 5.56 Å². The van der Waals surface area contributed by atoms with Gasteiger partial charge in [-0.3, -0.25) is 4.79 Å². The normalized spacial score (nSPS) is 11.2. The predicted octanol–water partition coefficient (Wildman–Crippen LogP) is 5.78. The third kappa shape index (κ3) is 6.20. The number of aromatic nitrogens is 2. The van der Waals surface area contributed by atoms with Crippen LogP contribution in [-0.2, 0) is 11.0 Å². The second kappa shape index (κ2) is 9.27. The van der Waals surface area contributed by atoms with Crippen molar-refractivity contribution < 1.29 is 22.7 Å². The first-order valence-electron chi connectivity index (χ1n) is 8.15. The lowest BCUT2D eigenvalue weighted by Crippen LogP contribution is -2.18. The van der Waals surface area contributed by atoms with Gasteiger partial charge in [-0.2, -0.15) is 13.2 Å². The number of hydrogen-bond acceptors (Lipinski definition) is 5. The molecule has 1 N–H and O–H groups in total. The minimum Gasteiger partial charge on any atom is -0.457 e. The fourth-order valence-corrected chi connectivity index (χ4v) is 3.12. The molecule has 0 aliphatic heterocycles. The summed E-state index contributed by atoms with van der Waals surface area (Å²) in [5.41, 5.74) is -1.35. The Balaban J connectivity index is 1.76. The lowest BCUT2D eigenvalue weighted by Gasteiger charge is -2.15. The van der Waals surface area contributed by atoms with Gasteiger partial charge in [-0.25, -0.2) is 9.97 Å². The maximum atomic E-state index is 13.3. The number of thioether (sulfide) groups is 1. The Labute approximate surface area is 176 Å². The maximum absolute atomic E-state index is 13.3. The van der Waals surface area contributed by atoms with E-state index in [9.17, 15) is 18.0 Å². The Morgan fingerprint density at radius 2 is 1.72 bits per heavy atom. The van der Waals surface area contributed by atoms with E-state index in [0.717, 1.165) is 28.4 Å². The zero-order chi connectivity index (χ0) is 20.9. The highest BCUT2D eigenvalue weighted by molar-refractivity contribution is 9.10. The Morgan fingerprint density at radius 1 is 1.07 bits per heavy atom. The van der Waals surface area contributed by atoms with E-state index in [1.54, 1.807) is 30.3 Å². The lowest BCUT2D eigenvalue weighted by atomic mass is 10.1. The first kappa shape index (κ1) is 21.1. The van der Waals surface area contributed by atoms with Crippen LogP contribution in [0.25, 0.3) is 0 Å². The summed E-state index contributed by atoms with van der Waals surface area (Å²) >= 11 is 4.31. The minimum absolute atomic E-state index is 0.140. The van der Waals surface area contributed by atoms with Crippen LogP contribution >= 0.6 is 27.7 Å². The molecule has 5 nitrogen and oxygen atoms in total. The molecule has 10 heteroatoms. The summed E-state index contributed by atoms with van der Waals surface area (Å²) in [4.78, 5) is 20.1. The molecule has 0 saturated carbocycles. The highest BCUT2D eigenvalue weighted by Crippen LogP contribution is 2.38. The largest absolute Gasteiger partial charge is 0.457 e. The SMILES string of the molecule is O=C(CSc1ncccn1)Nc1cc(Oc2ccc(Br)cc2)ccc1C(F)(F)F. The summed E-state index contributed by atoms with van der Waals surface area (Å²) in [5.74, 6) is -0.149. The second-order valence-electron chi connectivity index (χ2n) is 5.63. The smallest absolute Gasteiger partial charge is 0.418 e. The molecule has 0 fully saturated rings. The standard InChI is InChI=1S/C19H13BrF3N3O2S/c20-12-2-4-13(5-3-12)28-14-6-7-15(19(21,22)23)16(10-14)26-17(27)11-29-18-24-8-1-9-25-18/h1-10H,11H2,(H,26,27). The van der Waals surface area contributed by atoms with E-state index in [-0.39, 0.29) is 17.2 Å². The van der Waals surface area contributed by atoms with Gasteiger partial charge < -0.3 is 10.1 Å². The molecule has 1 amide bonds. The van der Waals surface area contributed by atoms with Gasteiger partial charge in [-0.1, -0.05) is 27.7 Å². The van der Waals surface area contributed by atoms with Crippen LogP contribution < -0.4 is 10.1 Å². The van der Waals surface area contributed by atoms with Crippen LogP contribution in [0.15, 0.2) is 70.6 Å². The summed E-state index contributed by atoms with van der Waals surface area (Å²) < 4.78 is 46.4. The van der Waals surface area contributed by atoms with Crippen molar-refractivity contribution in [2.45, 2.75) is 11.3 Å². The van der Waals surface area contributed by atoms with Gasteiger partial charge in [0, 0.05) is 22.9 Å². The molecule has 0 bridgehead atoms. The Hall–Kier alpha value is -2.59. The molecule has 29 heavy (non-hydrogen) atoms. The Bertz CT molecular complexity index is 986. The predicted molar refractivity (Wildman–Crippen MR) is 107 cm³/mol. The molecule has 0 aliphatic carbocycles. The fraction of sp³-hybridized carbons (Fsp3) is 0.105. The van der Waals surface area contributed by atoms with Gasteiger partial charge in [0.25, 0.3) is 0 Å². The van der Waals surface area contributed by atoms with Crippen molar-refractivity contribution in [2.24, 2.45) is 0 Å². The number of carbonyl (C=O) groups excluding carboxylic acids is 1. The van der Waals surface area contributed by atoms with Crippen molar-refractivity contribution in [3.63, 3.8) is 0 Å². The average molecular weight is 484 g/mol. The van der Waals surface area contributed by atoms with Gasteiger partial charge in [0.15, 0.2) is 5.16 Å². The van der Waals surface area contributed by atoms with Gasteiger partial charge >= 0.3 is 6.18 Å². The monoisotopic (exact) mass is 483 g/mol. The van der Waals surface area contributed by atoms with Crippen LogP contribution in [0.4, 0.5) is 18.9 Å². The first-order chi connectivity index (χ1) is 13.8. The zero-order valence-corrected chi connectivity index (χ0v) is 17.0. The number of alkyl halides is 3. The highest BCUT2D eigenvalue weighted by Gasteiger charge is 2.34. The molecule has 150 valence electrons. The lowest BCUT2D eigenvalue weighted by molar-refractivity contribution is -0.137. The maximum Gasteiger partial charge on any atom is 0.418 e. The van der Waals surface area contributed by atoms with Crippen LogP contribution in [0.5, 0.6) is 11.5 Å². The quantitative estimate of drug-likeness (QED) is 0.355. The highest BCUT2D eigenvalue weighted by atomic mass is 79.9. The van der Waals surface area contributed by atoms with Crippen molar-refractivity contribution in [1.29, 1.82) is 0 Å². The van der Waals surface area contributed by atoms with Crippen LogP contribution in [0.3, 0.4) is 0 Å². The van der Waals surface area contributed by atoms with Gasteiger partial charge in [0.1, 0.15) is 11.5 Å².